The molecule has 0 aromatic carbocycles. The number of ether oxygens (including phenoxy) is 1. The Kier molecular flexibility index (Phi) is 3.46. The monoisotopic (exact) mass is 241 g/mol. The van der Waals surface area contributed by atoms with Crippen LogP contribution in [0.2, 0.25) is 0 Å². The Morgan fingerprint density at radius 2 is 2.22 bits per heavy atom. The highest BCUT2D eigenvalue weighted by Crippen LogP contribution is 1.99. The number of nitrogens with zero attached hydrogens (tertiary/aromatic N) is 1. The van der Waals surface area contributed by atoms with Gasteiger partial charge in [-0.15, -0.1) is 0 Å². The molecule has 0 N–H and O–H groups in total. The molecule has 54 valence electrons. The van der Waals surface area contributed by atoms with Gasteiger partial charge < -0.3 is 28.7 Å². The Hall–Kier alpha value is 0.200. The number of halogens is 1. The second-order valence-electron chi connectivity index (χ2n) is 2.29. The summed E-state index contributed by atoms with van der Waals surface area (Å²) in [5.74, 6) is 1.04. The second kappa shape index (κ2) is 3.39. The molecular weight excluding hydrogens is 229 g/mol. The number of rotatable bonds is 0. The van der Waals surface area contributed by atoms with E-state index in [4.69, 9.17) is 4.74 Å². The van der Waals surface area contributed by atoms with E-state index in [1.54, 1.807) is 0 Å². The Morgan fingerprint density at radius 1 is 1.67 bits per heavy atom. The summed E-state index contributed by atoms with van der Waals surface area (Å²) in [6.07, 6.45) is 0. The van der Waals surface area contributed by atoms with Gasteiger partial charge in [0.1, 0.15) is 7.05 Å². The lowest BCUT2D eigenvalue weighted by Crippen LogP contribution is -3.00. The van der Waals surface area contributed by atoms with Crippen LogP contribution in [0.3, 0.4) is 0 Å². The van der Waals surface area contributed by atoms with Crippen molar-refractivity contribution in [3.05, 3.63) is 0 Å². The van der Waals surface area contributed by atoms with E-state index in [-0.39, 0.29) is 24.0 Å². The molecule has 9 heavy (non-hydrogen) atoms. The molecule has 0 aliphatic carbocycles. The molecule has 0 spiro atoms. The van der Waals surface area contributed by atoms with Crippen molar-refractivity contribution in [2.45, 2.75) is 19.9 Å². The average molecular weight is 241 g/mol. The van der Waals surface area contributed by atoms with E-state index in [2.05, 4.69) is 11.5 Å². The third-order valence-electron chi connectivity index (χ3n) is 1.69. The highest BCUT2D eigenvalue weighted by molar-refractivity contribution is 5.68. The van der Waals surface area contributed by atoms with Crippen molar-refractivity contribution in [2.24, 2.45) is 0 Å². The van der Waals surface area contributed by atoms with E-state index in [1.165, 1.54) is 0 Å². The van der Waals surface area contributed by atoms with Crippen LogP contribution < -0.4 is 24.0 Å². The molecule has 2 nitrogen and oxygen atoms in total. The highest BCUT2D eigenvalue weighted by Gasteiger charge is 2.23. The lowest BCUT2D eigenvalue weighted by atomic mass is 10.4. The Balaban J connectivity index is 0.000000640. The van der Waals surface area contributed by atoms with Crippen LogP contribution in [0.4, 0.5) is 0 Å². The Morgan fingerprint density at radius 3 is 2.33 bits per heavy atom. The molecule has 1 aliphatic rings. The summed E-state index contributed by atoms with van der Waals surface area (Å²) in [7, 11) is 2.05. The fourth-order valence-corrected chi connectivity index (χ4v) is 0.765. The maximum absolute atomic E-state index is 5.22. The third-order valence-corrected chi connectivity index (χ3v) is 1.69. The van der Waals surface area contributed by atoms with Crippen molar-refractivity contribution in [1.82, 2.24) is 0 Å². The molecule has 1 rings (SSSR count). The maximum atomic E-state index is 5.22. The highest BCUT2D eigenvalue weighted by atomic mass is 127. The van der Waals surface area contributed by atoms with Gasteiger partial charge >= 0.3 is 5.90 Å². The van der Waals surface area contributed by atoms with Crippen LogP contribution in [0, 0.1) is 0 Å². The summed E-state index contributed by atoms with van der Waals surface area (Å²) in [5.41, 5.74) is 0. The first-order chi connectivity index (χ1) is 3.72. The van der Waals surface area contributed by atoms with Crippen LogP contribution in [0.5, 0.6) is 0 Å². The predicted octanol–water partition coefficient (Wildman–Crippen LogP) is -2.53. The maximum Gasteiger partial charge on any atom is 0.333 e. The van der Waals surface area contributed by atoms with Crippen molar-refractivity contribution in [2.75, 3.05) is 13.7 Å². The van der Waals surface area contributed by atoms with Gasteiger partial charge in [-0.1, -0.05) is 0 Å². The number of hydrogen-bond donors (Lipinski definition) is 0. The van der Waals surface area contributed by atoms with E-state index in [0.717, 1.165) is 12.5 Å². The van der Waals surface area contributed by atoms with Crippen molar-refractivity contribution in [1.29, 1.82) is 0 Å². The molecule has 0 fully saturated rings. The first-order valence-electron chi connectivity index (χ1n) is 2.91. The van der Waals surface area contributed by atoms with E-state index in [9.17, 15) is 0 Å². The molecule has 0 saturated heterocycles. The fourth-order valence-electron chi connectivity index (χ4n) is 0.765. The van der Waals surface area contributed by atoms with Gasteiger partial charge in [-0.2, -0.15) is 4.58 Å². The largest absolute Gasteiger partial charge is 1.00 e. The minimum Gasteiger partial charge on any atom is -1.00 e. The molecule has 0 amide bonds. The van der Waals surface area contributed by atoms with E-state index >= 15 is 0 Å². The molecule has 3 heteroatoms. The molecule has 0 aromatic rings. The average Bonchev–Trinajstić information content (AvgIpc) is 1.98. The van der Waals surface area contributed by atoms with Crippen LogP contribution in [0.15, 0.2) is 0 Å². The van der Waals surface area contributed by atoms with Gasteiger partial charge in [0.2, 0.25) is 0 Å². The van der Waals surface area contributed by atoms with Crippen molar-refractivity contribution in [3.8, 4) is 0 Å². The topological polar surface area (TPSA) is 12.2 Å². The lowest BCUT2D eigenvalue weighted by Gasteiger charge is -1.91. The quantitative estimate of drug-likeness (QED) is 0.336. The minimum absolute atomic E-state index is 0. The minimum atomic E-state index is 0. The van der Waals surface area contributed by atoms with Crippen LogP contribution in [-0.2, 0) is 4.74 Å². The summed E-state index contributed by atoms with van der Waals surface area (Å²) in [6, 6.07) is 0.565. The van der Waals surface area contributed by atoms with Gasteiger partial charge in [-0.3, -0.25) is 0 Å². The van der Waals surface area contributed by atoms with Gasteiger partial charge in [-0.25, -0.2) is 0 Å². The van der Waals surface area contributed by atoms with Crippen LogP contribution in [-0.4, -0.2) is 30.2 Å². The molecule has 0 radical (unpaired) electrons. The van der Waals surface area contributed by atoms with Crippen molar-refractivity contribution >= 4 is 5.90 Å². The normalized spacial score (nSPS) is 25.4. The second-order valence-corrected chi connectivity index (χ2v) is 2.29. The molecule has 0 aromatic heterocycles. The van der Waals surface area contributed by atoms with Gasteiger partial charge in [0.05, 0.1) is 6.92 Å². The zero-order valence-electron chi connectivity index (χ0n) is 6.02. The van der Waals surface area contributed by atoms with Gasteiger partial charge in [0.15, 0.2) is 12.6 Å². The van der Waals surface area contributed by atoms with Crippen LogP contribution in [0.25, 0.3) is 0 Å². The molecule has 0 bridgehead atoms. The molecule has 1 unspecified atom stereocenters. The predicted molar refractivity (Wildman–Crippen MR) is 32.3 cm³/mol. The zero-order chi connectivity index (χ0) is 6.15. The summed E-state index contributed by atoms with van der Waals surface area (Å²) in [4.78, 5) is 0. The summed E-state index contributed by atoms with van der Waals surface area (Å²) in [5, 5.41) is 0. The molecular formula is C6H12INO. The lowest BCUT2D eigenvalue weighted by molar-refractivity contribution is -0.523. The third kappa shape index (κ3) is 1.81. The Bertz CT molecular complexity index is 133. The fraction of sp³-hybridized carbons (Fsp3) is 0.833. The first-order valence-corrected chi connectivity index (χ1v) is 2.91. The smallest absolute Gasteiger partial charge is 0.333 e. The zero-order valence-corrected chi connectivity index (χ0v) is 8.18. The van der Waals surface area contributed by atoms with Crippen LogP contribution in [0.1, 0.15) is 13.8 Å². The summed E-state index contributed by atoms with van der Waals surface area (Å²) >= 11 is 0. The molecule has 1 atom stereocenters. The van der Waals surface area contributed by atoms with E-state index in [1.807, 2.05) is 14.0 Å². The van der Waals surface area contributed by atoms with Crippen LogP contribution >= 0.6 is 0 Å². The van der Waals surface area contributed by atoms with Crippen molar-refractivity contribution in [3.63, 3.8) is 0 Å². The van der Waals surface area contributed by atoms with E-state index in [0.29, 0.717) is 6.04 Å². The Labute approximate surface area is 72.9 Å². The number of hydrogen-bond acceptors (Lipinski definition) is 1. The van der Waals surface area contributed by atoms with Gasteiger partial charge in [0.25, 0.3) is 0 Å². The SMILES string of the molecule is CC1=[N+](C)C(C)CO1.[I-]. The van der Waals surface area contributed by atoms with Crippen molar-refractivity contribution < 1.29 is 33.3 Å². The summed E-state index contributed by atoms with van der Waals surface area (Å²) in [6.45, 7) is 4.99. The first kappa shape index (κ1) is 9.20. The molecule has 1 aliphatic heterocycles. The van der Waals surface area contributed by atoms with Gasteiger partial charge in [0, 0.05) is 6.92 Å². The number of likely N-dealkylation sites (N-methyl/N-ethyl adjacent to an activating group) is 1. The van der Waals surface area contributed by atoms with Gasteiger partial charge in [-0.05, 0) is 0 Å². The molecule has 1 heterocycles. The molecule has 0 saturated carbocycles. The van der Waals surface area contributed by atoms with E-state index < -0.39 is 0 Å². The standard InChI is InChI=1S/C6H12NO.HI/c1-5-4-8-6(2)7(5)3;/h5H,4H2,1-3H3;1H/q+1;/p-1. The summed E-state index contributed by atoms with van der Waals surface area (Å²) < 4.78 is 7.36.